The number of hydrogen-bond acceptors (Lipinski definition) is 6. The number of nitrogens with zero attached hydrogens (tertiary/aromatic N) is 2. The highest BCUT2D eigenvalue weighted by atomic mass is 16.5. The van der Waals surface area contributed by atoms with Gasteiger partial charge in [-0.3, -0.25) is 19.5 Å². The van der Waals surface area contributed by atoms with Gasteiger partial charge in [-0.15, -0.1) is 0 Å². The van der Waals surface area contributed by atoms with Gasteiger partial charge in [0.2, 0.25) is 0 Å². The van der Waals surface area contributed by atoms with E-state index in [9.17, 15) is 14.7 Å². The minimum absolute atomic E-state index is 0.0356. The molecule has 0 aliphatic carbocycles. The smallest absolute Gasteiger partial charge is 0.322 e. The Morgan fingerprint density at radius 2 is 1.96 bits per heavy atom. The molecule has 2 N–H and O–H groups in total. The van der Waals surface area contributed by atoms with Crippen LogP contribution in [0.3, 0.4) is 0 Å². The number of pyridine rings is 1. The number of carboxylic acid groups (broad SMARTS) is 1. The molecule has 2 aromatic rings. The first-order chi connectivity index (χ1) is 13.5. The maximum absolute atomic E-state index is 12.5. The Balaban J connectivity index is 1.85. The average Bonchev–Trinajstić information content (AvgIpc) is 2.72. The zero-order valence-electron chi connectivity index (χ0n) is 15.9. The quantitative estimate of drug-likeness (QED) is 0.671. The molecule has 0 saturated carbocycles. The van der Waals surface area contributed by atoms with Gasteiger partial charge >= 0.3 is 5.97 Å². The zero-order valence-corrected chi connectivity index (χ0v) is 15.9. The second-order valence-electron chi connectivity index (χ2n) is 7.02. The van der Waals surface area contributed by atoms with Crippen molar-refractivity contribution in [3.63, 3.8) is 0 Å². The third-order valence-corrected chi connectivity index (χ3v) is 5.23. The number of carbonyl (C=O) groups is 2. The number of aromatic nitrogens is 1. The van der Waals surface area contributed by atoms with Crippen molar-refractivity contribution in [2.75, 3.05) is 32.8 Å². The summed E-state index contributed by atoms with van der Waals surface area (Å²) in [6.07, 6.45) is 3.44. The van der Waals surface area contributed by atoms with Gasteiger partial charge < -0.3 is 15.2 Å². The van der Waals surface area contributed by atoms with Crippen molar-refractivity contribution in [1.82, 2.24) is 15.2 Å². The molecule has 0 bridgehead atoms. The van der Waals surface area contributed by atoms with E-state index in [4.69, 9.17) is 4.74 Å². The molecule has 2 heterocycles. The number of ketones is 1. The molecule has 1 aliphatic rings. The first kappa shape index (κ1) is 20.0. The van der Waals surface area contributed by atoms with E-state index < -0.39 is 17.2 Å². The largest absolute Gasteiger partial charge is 0.492 e. The van der Waals surface area contributed by atoms with E-state index in [0.29, 0.717) is 18.8 Å². The molecule has 2 atom stereocenters. The van der Waals surface area contributed by atoms with Crippen LogP contribution in [-0.2, 0) is 9.59 Å². The van der Waals surface area contributed by atoms with Gasteiger partial charge in [-0.2, -0.15) is 0 Å². The topological polar surface area (TPSA) is 91.8 Å². The maximum Gasteiger partial charge on any atom is 0.322 e. The summed E-state index contributed by atoms with van der Waals surface area (Å²) in [6, 6.07) is 12.8. The van der Waals surface area contributed by atoms with Crippen LogP contribution in [0, 0.1) is 5.41 Å². The van der Waals surface area contributed by atoms with Gasteiger partial charge in [0.05, 0.1) is 0 Å². The molecule has 1 fully saturated rings. The number of rotatable bonds is 8. The lowest BCUT2D eigenvalue weighted by Gasteiger charge is -2.41. The molecule has 148 valence electrons. The highest BCUT2D eigenvalue weighted by molar-refractivity contribution is 6.02. The molecule has 1 aromatic carbocycles. The molecule has 2 unspecified atom stereocenters. The third kappa shape index (κ3) is 4.37. The molecular formula is C21H25N3O4. The minimum Gasteiger partial charge on any atom is -0.492 e. The van der Waals surface area contributed by atoms with E-state index in [0.717, 1.165) is 12.1 Å². The molecular weight excluding hydrogens is 358 g/mol. The fourth-order valence-electron chi connectivity index (χ4n) is 3.46. The molecule has 0 spiro atoms. The fraction of sp³-hybridized carbons (Fsp3) is 0.381. The van der Waals surface area contributed by atoms with Crippen LogP contribution >= 0.6 is 0 Å². The van der Waals surface area contributed by atoms with Gasteiger partial charge in [0.25, 0.3) is 0 Å². The fourth-order valence-corrected chi connectivity index (χ4v) is 3.46. The highest BCUT2D eigenvalue weighted by Gasteiger charge is 2.47. The summed E-state index contributed by atoms with van der Waals surface area (Å²) in [5, 5.41) is 13.3. The summed E-state index contributed by atoms with van der Waals surface area (Å²) < 4.78 is 5.72. The van der Waals surface area contributed by atoms with Crippen LogP contribution in [0.4, 0.5) is 0 Å². The SMILES string of the molecule is CC(=O)C(COc1ccccc1)(CN1CCNCC1c1ccncc1)C(=O)O. The second kappa shape index (κ2) is 8.95. The van der Waals surface area contributed by atoms with Crippen molar-refractivity contribution in [1.29, 1.82) is 0 Å². The van der Waals surface area contributed by atoms with Crippen molar-refractivity contribution >= 4 is 11.8 Å². The zero-order chi connectivity index (χ0) is 20.0. The Morgan fingerprint density at radius 1 is 1.25 bits per heavy atom. The van der Waals surface area contributed by atoms with Gasteiger partial charge in [0.15, 0.2) is 11.2 Å². The Kier molecular flexibility index (Phi) is 6.38. The number of hydrogen-bond donors (Lipinski definition) is 2. The van der Waals surface area contributed by atoms with Crippen LogP contribution in [0.2, 0.25) is 0 Å². The number of carbonyl (C=O) groups excluding carboxylic acids is 1. The summed E-state index contributed by atoms with van der Waals surface area (Å²) >= 11 is 0. The lowest BCUT2D eigenvalue weighted by molar-refractivity contribution is -0.158. The molecule has 0 amide bonds. The lowest BCUT2D eigenvalue weighted by Crippen LogP contribution is -2.56. The van der Waals surface area contributed by atoms with Crippen molar-refractivity contribution in [3.05, 3.63) is 60.4 Å². The molecule has 1 saturated heterocycles. The number of aliphatic carboxylic acids is 1. The summed E-state index contributed by atoms with van der Waals surface area (Å²) in [4.78, 5) is 30.9. The van der Waals surface area contributed by atoms with Crippen LogP contribution in [0.5, 0.6) is 5.75 Å². The van der Waals surface area contributed by atoms with Crippen molar-refractivity contribution in [2.45, 2.75) is 13.0 Å². The number of benzene rings is 1. The first-order valence-corrected chi connectivity index (χ1v) is 9.30. The van der Waals surface area contributed by atoms with E-state index in [2.05, 4.69) is 15.2 Å². The average molecular weight is 383 g/mol. The van der Waals surface area contributed by atoms with Crippen LogP contribution in [0.25, 0.3) is 0 Å². The van der Waals surface area contributed by atoms with Crippen molar-refractivity contribution < 1.29 is 19.4 Å². The molecule has 7 nitrogen and oxygen atoms in total. The van der Waals surface area contributed by atoms with Gasteiger partial charge in [-0.1, -0.05) is 18.2 Å². The van der Waals surface area contributed by atoms with E-state index in [1.165, 1.54) is 6.92 Å². The molecule has 1 aromatic heterocycles. The number of Topliss-reactive ketones (excluding diaryl/α,β-unsaturated/α-hetero) is 1. The highest BCUT2D eigenvalue weighted by Crippen LogP contribution is 2.29. The van der Waals surface area contributed by atoms with Gasteiger partial charge in [0.1, 0.15) is 12.4 Å². The van der Waals surface area contributed by atoms with E-state index >= 15 is 0 Å². The lowest BCUT2D eigenvalue weighted by atomic mass is 9.83. The van der Waals surface area contributed by atoms with Gasteiger partial charge in [-0.05, 0) is 36.8 Å². The van der Waals surface area contributed by atoms with Crippen LogP contribution in [0.15, 0.2) is 54.9 Å². The summed E-state index contributed by atoms with van der Waals surface area (Å²) in [6.45, 7) is 3.24. The minimum atomic E-state index is -1.64. The monoisotopic (exact) mass is 383 g/mol. The molecule has 28 heavy (non-hydrogen) atoms. The molecule has 3 rings (SSSR count). The number of para-hydroxylation sites is 1. The van der Waals surface area contributed by atoms with Crippen molar-refractivity contribution in [2.24, 2.45) is 5.41 Å². The molecule has 1 aliphatic heterocycles. The summed E-state index contributed by atoms with van der Waals surface area (Å²) in [7, 11) is 0. The van der Waals surface area contributed by atoms with E-state index in [1.807, 2.05) is 18.2 Å². The number of nitrogens with one attached hydrogen (secondary N) is 1. The maximum atomic E-state index is 12.5. The van der Waals surface area contributed by atoms with Gasteiger partial charge in [0, 0.05) is 44.6 Å². The first-order valence-electron chi connectivity index (χ1n) is 9.30. The number of ether oxygens (including phenoxy) is 1. The van der Waals surface area contributed by atoms with Gasteiger partial charge in [-0.25, -0.2) is 0 Å². The van der Waals surface area contributed by atoms with Crippen LogP contribution in [0.1, 0.15) is 18.5 Å². The molecule has 0 radical (unpaired) electrons. The Labute approximate surface area is 164 Å². The Morgan fingerprint density at radius 3 is 2.61 bits per heavy atom. The standard InChI is InChI=1S/C21H25N3O4/c1-16(25)21(20(26)27,15-28-18-5-3-2-4-6-18)14-24-12-11-23-13-19(24)17-7-9-22-10-8-17/h2-10,19,23H,11-15H2,1H3,(H,26,27). The third-order valence-electron chi connectivity index (χ3n) is 5.23. The van der Waals surface area contributed by atoms with Crippen LogP contribution < -0.4 is 10.1 Å². The number of carboxylic acids is 1. The van der Waals surface area contributed by atoms with Crippen LogP contribution in [-0.4, -0.2) is 59.5 Å². The van der Waals surface area contributed by atoms with Crippen molar-refractivity contribution in [3.8, 4) is 5.75 Å². The second-order valence-corrected chi connectivity index (χ2v) is 7.02. The van der Waals surface area contributed by atoms with E-state index in [1.54, 1.807) is 36.7 Å². The van der Waals surface area contributed by atoms with E-state index in [-0.39, 0.29) is 19.2 Å². The summed E-state index contributed by atoms with van der Waals surface area (Å²) in [5.41, 5.74) is -0.604. The normalized spacial score (nSPS) is 19.5. The predicted octanol–water partition coefficient (Wildman–Crippen LogP) is 1.77. The molecule has 7 heteroatoms. The Hall–Kier alpha value is -2.77. The summed E-state index contributed by atoms with van der Waals surface area (Å²) in [5.74, 6) is -1.04. The number of piperazine rings is 1. The Bertz CT molecular complexity index is 784. The predicted molar refractivity (Wildman–Crippen MR) is 104 cm³/mol.